The second-order valence-corrected chi connectivity index (χ2v) is 6.27. The number of carbonyl (C=O) groups is 1. The molecule has 1 aliphatic heterocycles. The van der Waals surface area contributed by atoms with Gasteiger partial charge in [0.05, 0.1) is 6.54 Å². The minimum absolute atomic E-state index is 0.0998. The van der Waals surface area contributed by atoms with Crippen molar-refractivity contribution in [3.8, 4) is 11.5 Å². The van der Waals surface area contributed by atoms with E-state index in [0.29, 0.717) is 31.3 Å². The summed E-state index contributed by atoms with van der Waals surface area (Å²) in [6.45, 7) is 5.82. The molecule has 0 saturated heterocycles. The number of benzene rings is 1. The molecule has 28 heavy (non-hydrogen) atoms. The van der Waals surface area contributed by atoms with E-state index in [4.69, 9.17) is 9.47 Å². The molecule has 0 spiro atoms. The highest BCUT2D eigenvalue weighted by atomic mass is 16.7. The molecule has 0 saturated carbocycles. The molecule has 0 radical (unpaired) electrons. The topological polar surface area (TPSA) is 96.9 Å². The highest BCUT2D eigenvalue weighted by molar-refractivity contribution is 5.90. The van der Waals surface area contributed by atoms with Crippen LogP contribution in [0.15, 0.2) is 41.4 Å². The van der Waals surface area contributed by atoms with Crippen molar-refractivity contribution >= 4 is 17.7 Å². The average molecular weight is 383 g/mol. The number of ether oxygens (including phenoxy) is 2. The van der Waals surface area contributed by atoms with Crippen LogP contribution in [0.5, 0.6) is 11.5 Å². The molecular formula is C20H25N5O3. The third-order valence-corrected chi connectivity index (χ3v) is 4.00. The SMILES string of the molecule is CCNC(=NCc1ccc2c(c1)OCO2)NCCC(=O)Nc1cccc(C)n1. The molecule has 1 aromatic heterocycles. The zero-order valence-corrected chi connectivity index (χ0v) is 16.1. The molecule has 2 aromatic rings. The Labute approximate surface area is 164 Å². The lowest BCUT2D eigenvalue weighted by Gasteiger charge is -2.11. The third-order valence-electron chi connectivity index (χ3n) is 4.00. The number of anilines is 1. The van der Waals surface area contributed by atoms with Crippen LogP contribution in [0.25, 0.3) is 0 Å². The Morgan fingerprint density at radius 2 is 2.04 bits per heavy atom. The maximum Gasteiger partial charge on any atom is 0.231 e. The van der Waals surface area contributed by atoms with Crippen molar-refractivity contribution in [2.24, 2.45) is 4.99 Å². The van der Waals surface area contributed by atoms with Crippen LogP contribution >= 0.6 is 0 Å². The van der Waals surface area contributed by atoms with Gasteiger partial charge in [0.1, 0.15) is 5.82 Å². The van der Waals surface area contributed by atoms with E-state index < -0.39 is 0 Å². The lowest BCUT2D eigenvalue weighted by atomic mass is 10.2. The summed E-state index contributed by atoms with van der Waals surface area (Å²) in [7, 11) is 0. The number of guanidine groups is 1. The summed E-state index contributed by atoms with van der Waals surface area (Å²) < 4.78 is 10.7. The van der Waals surface area contributed by atoms with Crippen molar-refractivity contribution in [2.45, 2.75) is 26.8 Å². The van der Waals surface area contributed by atoms with Gasteiger partial charge in [-0.25, -0.2) is 9.98 Å². The normalized spacial score (nSPS) is 12.6. The van der Waals surface area contributed by atoms with Crippen molar-refractivity contribution in [1.29, 1.82) is 0 Å². The molecule has 0 bridgehead atoms. The van der Waals surface area contributed by atoms with Crippen molar-refractivity contribution in [2.75, 3.05) is 25.2 Å². The molecule has 8 nitrogen and oxygen atoms in total. The summed E-state index contributed by atoms with van der Waals surface area (Å²) in [6.07, 6.45) is 0.310. The van der Waals surface area contributed by atoms with Gasteiger partial charge in [-0.2, -0.15) is 0 Å². The molecule has 1 aromatic carbocycles. The average Bonchev–Trinajstić information content (AvgIpc) is 3.14. The van der Waals surface area contributed by atoms with E-state index in [1.807, 2.05) is 44.2 Å². The van der Waals surface area contributed by atoms with Crippen LogP contribution in [-0.2, 0) is 11.3 Å². The number of carbonyl (C=O) groups excluding carboxylic acids is 1. The number of amides is 1. The van der Waals surface area contributed by atoms with E-state index in [0.717, 1.165) is 29.3 Å². The summed E-state index contributed by atoms with van der Waals surface area (Å²) in [5.74, 6) is 2.62. The van der Waals surface area contributed by atoms with E-state index in [-0.39, 0.29) is 12.7 Å². The lowest BCUT2D eigenvalue weighted by Crippen LogP contribution is -2.38. The minimum atomic E-state index is -0.0998. The monoisotopic (exact) mass is 383 g/mol. The van der Waals surface area contributed by atoms with Gasteiger partial charge in [0.15, 0.2) is 17.5 Å². The van der Waals surface area contributed by atoms with Crippen LogP contribution in [0.2, 0.25) is 0 Å². The highest BCUT2D eigenvalue weighted by Gasteiger charge is 2.13. The zero-order valence-electron chi connectivity index (χ0n) is 16.1. The van der Waals surface area contributed by atoms with E-state index in [1.54, 1.807) is 6.07 Å². The van der Waals surface area contributed by atoms with Crippen molar-refractivity contribution < 1.29 is 14.3 Å². The second kappa shape index (κ2) is 9.59. The number of nitrogens with one attached hydrogen (secondary N) is 3. The quantitative estimate of drug-likeness (QED) is 0.501. The van der Waals surface area contributed by atoms with Crippen LogP contribution in [-0.4, -0.2) is 36.7 Å². The van der Waals surface area contributed by atoms with Gasteiger partial charge < -0.3 is 25.4 Å². The van der Waals surface area contributed by atoms with Gasteiger partial charge in [-0.1, -0.05) is 12.1 Å². The zero-order chi connectivity index (χ0) is 19.8. The molecule has 1 amide bonds. The first kappa shape index (κ1) is 19.5. The molecule has 1 aliphatic rings. The maximum atomic E-state index is 12.1. The van der Waals surface area contributed by atoms with Gasteiger partial charge in [-0.05, 0) is 43.7 Å². The molecular weight excluding hydrogens is 358 g/mol. The maximum absolute atomic E-state index is 12.1. The molecule has 3 N–H and O–H groups in total. The smallest absolute Gasteiger partial charge is 0.231 e. The number of pyridine rings is 1. The van der Waals surface area contributed by atoms with E-state index in [1.165, 1.54) is 0 Å². The summed E-state index contributed by atoms with van der Waals surface area (Å²) >= 11 is 0. The number of fused-ring (bicyclic) bond motifs is 1. The molecule has 0 fully saturated rings. The van der Waals surface area contributed by atoms with Crippen LogP contribution in [0.4, 0.5) is 5.82 Å². The van der Waals surface area contributed by atoms with E-state index in [9.17, 15) is 4.79 Å². The Hall–Kier alpha value is -3.29. The first-order valence-corrected chi connectivity index (χ1v) is 9.28. The van der Waals surface area contributed by atoms with Crippen molar-refractivity contribution in [1.82, 2.24) is 15.6 Å². The summed E-state index contributed by atoms with van der Waals surface area (Å²) in [4.78, 5) is 20.9. The number of rotatable bonds is 7. The Bertz CT molecular complexity index is 853. The van der Waals surface area contributed by atoms with Gasteiger partial charge >= 0.3 is 0 Å². The Kier molecular flexibility index (Phi) is 6.67. The number of aromatic nitrogens is 1. The molecule has 0 unspecified atom stereocenters. The van der Waals surface area contributed by atoms with E-state index >= 15 is 0 Å². The predicted octanol–water partition coefficient (Wildman–Crippen LogP) is 2.20. The molecule has 2 heterocycles. The first-order valence-electron chi connectivity index (χ1n) is 9.28. The van der Waals surface area contributed by atoms with Crippen LogP contribution < -0.4 is 25.4 Å². The number of hydrogen-bond acceptors (Lipinski definition) is 5. The standard InChI is InChI=1S/C20H25N5O3/c1-3-21-20(23-12-15-7-8-16-17(11-15)28-13-27-16)22-10-9-19(26)25-18-6-4-5-14(2)24-18/h4-8,11H,3,9-10,12-13H2,1-2H3,(H2,21,22,23)(H,24,25,26). The van der Waals surface area contributed by atoms with Gasteiger partial charge in [0.2, 0.25) is 12.7 Å². The second-order valence-electron chi connectivity index (χ2n) is 6.27. The Morgan fingerprint density at radius 3 is 2.86 bits per heavy atom. The van der Waals surface area contributed by atoms with Crippen LogP contribution in [0, 0.1) is 6.92 Å². The molecule has 3 rings (SSSR count). The fourth-order valence-electron chi connectivity index (χ4n) is 2.66. The molecule has 8 heteroatoms. The summed E-state index contributed by atoms with van der Waals surface area (Å²) in [5.41, 5.74) is 1.88. The van der Waals surface area contributed by atoms with Gasteiger partial charge in [-0.3, -0.25) is 4.79 Å². The fourth-order valence-corrected chi connectivity index (χ4v) is 2.66. The molecule has 0 aliphatic carbocycles. The van der Waals surface area contributed by atoms with Gasteiger partial charge in [0.25, 0.3) is 0 Å². The Morgan fingerprint density at radius 1 is 1.18 bits per heavy atom. The third kappa shape index (κ3) is 5.60. The number of hydrogen-bond donors (Lipinski definition) is 3. The molecule has 148 valence electrons. The van der Waals surface area contributed by atoms with Gasteiger partial charge in [0, 0.05) is 25.2 Å². The van der Waals surface area contributed by atoms with Crippen molar-refractivity contribution in [3.05, 3.63) is 47.7 Å². The highest BCUT2D eigenvalue weighted by Crippen LogP contribution is 2.32. The number of nitrogens with zero attached hydrogens (tertiary/aromatic N) is 2. The number of aliphatic imine (C=N–C) groups is 1. The Balaban J connectivity index is 1.48. The summed E-state index contributed by atoms with van der Waals surface area (Å²) in [6, 6.07) is 11.3. The lowest BCUT2D eigenvalue weighted by molar-refractivity contribution is -0.116. The van der Waals surface area contributed by atoms with Crippen molar-refractivity contribution in [3.63, 3.8) is 0 Å². The summed E-state index contributed by atoms with van der Waals surface area (Å²) in [5, 5.41) is 9.14. The predicted molar refractivity (Wildman–Crippen MR) is 108 cm³/mol. The van der Waals surface area contributed by atoms with Gasteiger partial charge in [-0.15, -0.1) is 0 Å². The fraction of sp³-hybridized carbons (Fsp3) is 0.350. The number of aryl methyl sites for hydroxylation is 1. The van der Waals surface area contributed by atoms with Crippen LogP contribution in [0.3, 0.4) is 0 Å². The largest absolute Gasteiger partial charge is 0.454 e. The molecule has 0 atom stereocenters. The minimum Gasteiger partial charge on any atom is -0.454 e. The first-order chi connectivity index (χ1) is 13.6. The van der Waals surface area contributed by atoms with E-state index in [2.05, 4.69) is 25.9 Å². The van der Waals surface area contributed by atoms with Crippen LogP contribution in [0.1, 0.15) is 24.6 Å².